The molecule has 0 amide bonds. The van der Waals surface area contributed by atoms with Crippen molar-refractivity contribution >= 4 is 5.97 Å². The van der Waals surface area contributed by atoms with Gasteiger partial charge in [-0.2, -0.15) is 0 Å². The van der Waals surface area contributed by atoms with Crippen molar-refractivity contribution in [2.45, 2.75) is 0 Å². The zero-order chi connectivity index (χ0) is 14.7. The van der Waals surface area contributed by atoms with E-state index in [1.807, 2.05) is 24.3 Å². The fourth-order valence-electron chi connectivity index (χ4n) is 2.08. The molecule has 3 aromatic rings. The van der Waals surface area contributed by atoms with Crippen LogP contribution in [-0.2, 0) is 0 Å². The van der Waals surface area contributed by atoms with E-state index in [0.717, 1.165) is 16.8 Å². The third-order valence-corrected chi connectivity index (χ3v) is 3.04. The molecule has 21 heavy (non-hydrogen) atoms. The number of carbonyl (C=O) groups is 1. The van der Waals surface area contributed by atoms with Gasteiger partial charge in [-0.15, -0.1) is 0 Å². The highest BCUT2D eigenvalue weighted by molar-refractivity contribution is 5.90. The molecule has 0 atom stereocenters. The average Bonchev–Trinajstić information content (AvgIpc) is 2.56. The van der Waals surface area contributed by atoms with Crippen molar-refractivity contribution in [3.05, 3.63) is 66.9 Å². The topological polar surface area (TPSA) is 76.0 Å². The largest absolute Gasteiger partial charge is 0.478 e. The second-order valence-corrected chi connectivity index (χ2v) is 4.41. The summed E-state index contributed by atoms with van der Waals surface area (Å²) >= 11 is 0. The van der Waals surface area contributed by atoms with E-state index in [-0.39, 0.29) is 5.56 Å². The maximum absolute atomic E-state index is 11.1. The van der Waals surface area contributed by atoms with Crippen molar-refractivity contribution < 1.29 is 9.90 Å². The molecule has 0 saturated heterocycles. The molecule has 0 aliphatic heterocycles. The smallest absolute Gasteiger partial charge is 0.337 e. The first-order valence-corrected chi connectivity index (χ1v) is 6.30. The predicted octanol–water partition coefficient (Wildman–Crippen LogP) is 2.90. The Morgan fingerprint density at radius 2 is 1.76 bits per heavy atom. The lowest BCUT2D eigenvalue weighted by Gasteiger charge is -2.08. The molecule has 3 aromatic heterocycles. The molecule has 0 radical (unpaired) electrons. The minimum absolute atomic E-state index is 0.147. The summed E-state index contributed by atoms with van der Waals surface area (Å²) in [5.41, 5.74) is 3.29. The van der Waals surface area contributed by atoms with E-state index in [1.165, 1.54) is 6.20 Å². The van der Waals surface area contributed by atoms with Crippen LogP contribution >= 0.6 is 0 Å². The number of hydrogen-bond acceptors (Lipinski definition) is 4. The van der Waals surface area contributed by atoms with Gasteiger partial charge in [0, 0.05) is 47.7 Å². The van der Waals surface area contributed by atoms with Gasteiger partial charge in [-0.3, -0.25) is 15.0 Å². The van der Waals surface area contributed by atoms with E-state index in [0.29, 0.717) is 5.56 Å². The number of rotatable bonds is 3. The van der Waals surface area contributed by atoms with Crippen LogP contribution in [0.15, 0.2) is 61.3 Å². The fourth-order valence-corrected chi connectivity index (χ4v) is 2.08. The van der Waals surface area contributed by atoms with Crippen LogP contribution in [0, 0.1) is 0 Å². The Hall–Kier alpha value is -3.08. The molecule has 0 aliphatic carbocycles. The van der Waals surface area contributed by atoms with Gasteiger partial charge in [-0.05, 0) is 24.3 Å². The second kappa shape index (κ2) is 5.50. The van der Waals surface area contributed by atoms with Crippen LogP contribution in [0.1, 0.15) is 10.4 Å². The summed E-state index contributed by atoms with van der Waals surface area (Å²) in [5, 5.41) is 9.08. The Labute approximate surface area is 121 Å². The highest BCUT2D eigenvalue weighted by atomic mass is 16.4. The van der Waals surface area contributed by atoms with Gasteiger partial charge in [0.1, 0.15) is 0 Å². The number of carboxylic acids is 1. The summed E-state index contributed by atoms with van der Waals surface area (Å²) in [6.07, 6.45) is 8.06. The van der Waals surface area contributed by atoms with E-state index in [1.54, 1.807) is 30.9 Å². The molecule has 5 heteroatoms. The Balaban J connectivity index is 2.16. The monoisotopic (exact) mass is 277 g/mol. The summed E-state index contributed by atoms with van der Waals surface area (Å²) in [5.74, 6) is -1.00. The molecule has 0 saturated carbocycles. The van der Waals surface area contributed by atoms with Crippen molar-refractivity contribution in [1.82, 2.24) is 15.0 Å². The van der Waals surface area contributed by atoms with Gasteiger partial charge < -0.3 is 5.11 Å². The van der Waals surface area contributed by atoms with E-state index in [9.17, 15) is 4.79 Å². The number of carboxylic acid groups (broad SMARTS) is 1. The molecule has 0 spiro atoms. The zero-order valence-electron chi connectivity index (χ0n) is 11.0. The van der Waals surface area contributed by atoms with Crippen molar-refractivity contribution in [2.24, 2.45) is 0 Å². The normalized spacial score (nSPS) is 10.3. The summed E-state index contributed by atoms with van der Waals surface area (Å²) in [7, 11) is 0. The molecule has 0 aromatic carbocycles. The van der Waals surface area contributed by atoms with Crippen molar-refractivity contribution in [3.8, 4) is 22.4 Å². The van der Waals surface area contributed by atoms with Gasteiger partial charge in [-0.1, -0.05) is 6.07 Å². The van der Waals surface area contributed by atoms with Crippen molar-refractivity contribution in [3.63, 3.8) is 0 Å². The quantitative estimate of drug-likeness (QED) is 0.796. The van der Waals surface area contributed by atoms with Gasteiger partial charge in [-0.25, -0.2) is 4.79 Å². The molecule has 5 nitrogen and oxygen atoms in total. The van der Waals surface area contributed by atoms with E-state index in [2.05, 4.69) is 15.0 Å². The van der Waals surface area contributed by atoms with E-state index >= 15 is 0 Å². The SMILES string of the molecule is O=C(O)c1cncc(-c2cccnc2-c2cccnc2)c1. The lowest BCUT2D eigenvalue weighted by Crippen LogP contribution is -1.98. The molecule has 0 aliphatic rings. The number of hydrogen-bond donors (Lipinski definition) is 1. The average molecular weight is 277 g/mol. The summed E-state index contributed by atoms with van der Waals surface area (Å²) in [6.45, 7) is 0. The lowest BCUT2D eigenvalue weighted by atomic mass is 10.0. The van der Waals surface area contributed by atoms with Gasteiger partial charge in [0.25, 0.3) is 0 Å². The van der Waals surface area contributed by atoms with E-state index < -0.39 is 5.97 Å². The van der Waals surface area contributed by atoms with Crippen molar-refractivity contribution in [1.29, 1.82) is 0 Å². The van der Waals surface area contributed by atoms with Crippen LogP contribution in [0.3, 0.4) is 0 Å². The number of aromatic nitrogens is 3. The van der Waals surface area contributed by atoms with Crippen molar-refractivity contribution in [2.75, 3.05) is 0 Å². The fraction of sp³-hybridized carbons (Fsp3) is 0. The van der Waals surface area contributed by atoms with Gasteiger partial charge in [0.05, 0.1) is 11.3 Å². The summed E-state index contributed by atoms with van der Waals surface area (Å²) < 4.78 is 0. The summed E-state index contributed by atoms with van der Waals surface area (Å²) in [6, 6.07) is 9.03. The highest BCUT2D eigenvalue weighted by Gasteiger charge is 2.11. The van der Waals surface area contributed by atoms with Crippen LogP contribution < -0.4 is 0 Å². The predicted molar refractivity (Wildman–Crippen MR) is 77.7 cm³/mol. The highest BCUT2D eigenvalue weighted by Crippen LogP contribution is 2.29. The summed E-state index contributed by atoms with van der Waals surface area (Å²) in [4.78, 5) is 23.5. The third kappa shape index (κ3) is 2.62. The first kappa shape index (κ1) is 12.9. The van der Waals surface area contributed by atoms with Crippen LogP contribution in [-0.4, -0.2) is 26.0 Å². The first-order valence-electron chi connectivity index (χ1n) is 6.30. The first-order chi connectivity index (χ1) is 10.3. The Morgan fingerprint density at radius 3 is 2.52 bits per heavy atom. The van der Waals surface area contributed by atoms with Crippen LogP contribution in [0.2, 0.25) is 0 Å². The number of aromatic carboxylic acids is 1. The molecule has 0 unspecified atom stereocenters. The molecule has 3 heterocycles. The number of nitrogens with zero attached hydrogens (tertiary/aromatic N) is 3. The van der Waals surface area contributed by atoms with Crippen LogP contribution in [0.4, 0.5) is 0 Å². The molecule has 0 bridgehead atoms. The van der Waals surface area contributed by atoms with Gasteiger partial charge >= 0.3 is 5.97 Å². The Morgan fingerprint density at radius 1 is 0.952 bits per heavy atom. The second-order valence-electron chi connectivity index (χ2n) is 4.41. The molecule has 3 rings (SSSR count). The third-order valence-electron chi connectivity index (χ3n) is 3.04. The van der Waals surface area contributed by atoms with Gasteiger partial charge in [0.15, 0.2) is 0 Å². The minimum Gasteiger partial charge on any atom is -0.478 e. The van der Waals surface area contributed by atoms with E-state index in [4.69, 9.17) is 5.11 Å². The molecular formula is C16H11N3O2. The van der Waals surface area contributed by atoms with Crippen LogP contribution in [0.25, 0.3) is 22.4 Å². The molecule has 1 N–H and O–H groups in total. The molecular weight excluding hydrogens is 266 g/mol. The Bertz CT molecular complexity index is 788. The maximum atomic E-state index is 11.1. The molecule has 102 valence electrons. The van der Waals surface area contributed by atoms with Crippen LogP contribution in [0.5, 0.6) is 0 Å². The minimum atomic E-state index is -1.00. The standard InChI is InChI=1S/C16H11N3O2/c20-16(21)13-7-12(9-18-10-13)14-4-2-6-19-15(14)11-3-1-5-17-8-11/h1-10H,(H,20,21). The lowest BCUT2D eigenvalue weighted by molar-refractivity contribution is 0.0696. The molecule has 0 fully saturated rings. The Kier molecular flexibility index (Phi) is 3.39. The van der Waals surface area contributed by atoms with Gasteiger partial charge in [0.2, 0.25) is 0 Å². The maximum Gasteiger partial charge on any atom is 0.337 e. The zero-order valence-corrected chi connectivity index (χ0v) is 11.0. The number of pyridine rings is 3.